The molecule has 0 atom stereocenters. The number of benzene rings is 2. The maximum Gasteiger partial charge on any atom is 0.258 e. The zero-order valence-corrected chi connectivity index (χ0v) is 16.7. The summed E-state index contributed by atoms with van der Waals surface area (Å²) in [5.41, 5.74) is 7.82. The Hall–Kier alpha value is -3.61. The van der Waals surface area contributed by atoms with Crippen molar-refractivity contribution in [2.45, 2.75) is 19.9 Å². The van der Waals surface area contributed by atoms with Crippen LogP contribution in [0.2, 0.25) is 0 Å². The fraction of sp³-hybridized carbons (Fsp3) is 0.227. The highest BCUT2D eigenvalue weighted by Gasteiger charge is 2.26. The molecule has 2 amide bonds. The molecular weight excluding hydrogens is 368 g/mol. The molecule has 3 aromatic rings. The van der Waals surface area contributed by atoms with Gasteiger partial charge in [-0.05, 0) is 38.1 Å². The third kappa shape index (κ3) is 4.45. The van der Waals surface area contributed by atoms with Crippen molar-refractivity contribution in [1.82, 2.24) is 14.7 Å². The quantitative estimate of drug-likeness (QED) is 0.669. The molecule has 0 saturated carbocycles. The minimum Gasteiger partial charge on any atom is -0.497 e. The second kappa shape index (κ2) is 8.60. The summed E-state index contributed by atoms with van der Waals surface area (Å²) in [6.45, 7) is 3.52. The molecule has 2 aromatic carbocycles. The molecule has 0 aliphatic heterocycles. The van der Waals surface area contributed by atoms with E-state index < -0.39 is 5.91 Å². The number of ether oxygens (including phenoxy) is 1. The molecule has 7 nitrogen and oxygen atoms in total. The highest BCUT2D eigenvalue weighted by molar-refractivity contribution is 6.01. The Morgan fingerprint density at radius 3 is 2.48 bits per heavy atom. The van der Waals surface area contributed by atoms with Crippen LogP contribution in [0, 0.1) is 0 Å². The van der Waals surface area contributed by atoms with Gasteiger partial charge in [-0.25, -0.2) is 4.68 Å². The number of hydrogen-bond donors (Lipinski definition) is 1. The number of para-hydroxylation sites is 1. The van der Waals surface area contributed by atoms with Crippen molar-refractivity contribution in [3.63, 3.8) is 0 Å². The maximum atomic E-state index is 13.3. The van der Waals surface area contributed by atoms with Crippen molar-refractivity contribution in [2.24, 2.45) is 5.73 Å². The van der Waals surface area contributed by atoms with Crippen molar-refractivity contribution in [1.29, 1.82) is 0 Å². The van der Waals surface area contributed by atoms with E-state index in [4.69, 9.17) is 10.5 Å². The van der Waals surface area contributed by atoms with Crippen molar-refractivity contribution in [3.8, 4) is 22.7 Å². The van der Waals surface area contributed by atoms with Gasteiger partial charge in [0.25, 0.3) is 5.91 Å². The topological polar surface area (TPSA) is 90.5 Å². The average molecular weight is 392 g/mol. The van der Waals surface area contributed by atoms with Gasteiger partial charge in [0.05, 0.1) is 24.9 Å². The van der Waals surface area contributed by atoms with Gasteiger partial charge < -0.3 is 15.4 Å². The number of carbonyl (C=O) groups is 2. The molecular formula is C22H24N4O3. The Balaban J connectivity index is 2.14. The Labute approximate surface area is 169 Å². The van der Waals surface area contributed by atoms with Gasteiger partial charge >= 0.3 is 0 Å². The lowest BCUT2D eigenvalue weighted by atomic mass is 10.1. The van der Waals surface area contributed by atoms with Crippen LogP contribution in [-0.4, -0.2) is 46.2 Å². The molecule has 150 valence electrons. The zero-order valence-electron chi connectivity index (χ0n) is 16.7. The minimum atomic E-state index is -0.564. The molecule has 0 spiro atoms. The Morgan fingerprint density at radius 1 is 1.14 bits per heavy atom. The van der Waals surface area contributed by atoms with Crippen molar-refractivity contribution < 1.29 is 14.3 Å². The fourth-order valence-electron chi connectivity index (χ4n) is 3.04. The van der Waals surface area contributed by atoms with Gasteiger partial charge in [0.1, 0.15) is 11.4 Å². The number of primary amides is 1. The number of methoxy groups -OCH3 is 1. The van der Waals surface area contributed by atoms with E-state index in [1.165, 1.54) is 4.90 Å². The fourth-order valence-corrected chi connectivity index (χ4v) is 3.04. The molecule has 0 aliphatic carbocycles. The van der Waals surface area contributed by atoms with Crippen molar-refractivity contribution in [3.05, 3.63) is 66.4 Å². The van der Waals surface area contributed by atoms with Gasteiger partial charge in [-0.1, -0.05) is 30.3 Å². The molecule has 0 unspecified atom stereocenters. The van der Waals surface area contributed by atoms with E-state index in [0.717, 1.165) is 11.3 Å². The first kappa shape index (κ1) is 20.1. The summed E-state index contributed by atoms with van der Waals surface area (Å²) in [6.07, 6.45) is 1.68. The molecule has 1 aromatic heterocycles. The monoisotopic (exact) mass is 392 g/mol. The number of nitrogens with zero attached hydrogens (tertiary/aromatic N) is 3. The largest absolute Gasteiger partial charge is 0.497 e. The summed E-state index contributed by atoms with van der Waals surface area (Å²) < 4.78 is 6.97. The summed E-state index contributed by atoms with van der Waals surface area (Å²) in [7, 11) is 1.58. The van der Waals surface area contributed by atoms with Crippen molar-refractivity contribution >= 4 is 11.8 Å². The molecule has 0 bridgehead atoms. The highest BCUT2D eigenvalue weighted by Crippen LogP contribution is 2.28. The second-order valence-corrected chi connectivity index (χ2v) is 6.90. The molecule has 3 rings (SSSR count). The molecule has 2 N–H and O–H groups in total. The van der Waals surface area contributed by atoms with Gasteiger partial charge in [0, 0.05) is 17.8 Å². The van der Waals surface area contributed by atoms with E-state index in [2.05, 4.69) is 5.10 Å². The summed E-state index contributed by atoms with van der Waals surface area (Å²) >= 11 is 0. The van der Waals surface area contributed by atoms with Crippen LogP contribution < -0.4 is 10.5 Å². The molecule has 0 aliphatic rings. The molecule has 0 fully saturated rings. The van der Waals surface area contributed by atoms with Gasteiger partial charge in [0.2, 0.25) is 5.91 Å². The highest BCUT2D eigenvalue weighted by atomic mass is 16.5. The SMILES string of the molecule is COc1cccc(-c2nn(-c3ccccc3)cc2C(=O)N(CC(N)=O)C(C)C)c1. The van der Waals surface area contributed by atoms with Crippen molar-refractivity contribution in [2.75, 3.05) is 13.7 Å². The van der Waals surface area contributed by atoms with Gasteiger partial charge in [-0.15, -0.1) is 0 Å². The summed E-state index contributed by atoms with van der Waals surface area (Å²) in [4.78, 5) is 26.3. The van der Waals surface area contributed by atoms with Crippen LogP contribution in [0.25, 0.3) is 16.9 Å². The van der Waals surface area contributed by atoms with E-state index in [1.54, 1.807) is 18.0 Å². The number of rotatable bonds is 7. The third-order valence-electron chi connectivity index (χ3n) is 4.52. The smallest absolute Gasteiger partial charge is 0.258 e. The standard InChI is InChI=1S/C22H24N4O3/c1-15(2)25(14-20(23)27)22(28)19-13-26(17-9-5-4-6-10-17)24-21(19)16-8-7-11-18(12-16)29-3/h4-13,15H,14H2,1-3H3,(H2,23,27). The predicted molar refractivity (Wildman–Crippen MR) is 111 cm³/mol. The van der Waals surface area contributed by atoms with Crippen LogP contribution in [0.15, 0.2) is 60.8 Å². The van der Waals surface area contributed by atoms with Crippen LogP contribution >= 0.6 is 0 Å². The summed E-state index contributed by atoms with van der Waals surface area (Å²) in [6, 6.07) is 16.7. The molecule has 7 heteroatoms. The molecule has 0 saturated heterocycles. The van der Waals surface area contributed by atoms with E-state index in [0.29, 0.717) is 17.0 Å². The number of nitrogens with two attached hydrogens (primary N) is 1. The number of hydrogen-bond acceptors (Lipinski definition) is 4. The first-order valence-corrected chi connectivity index (χ1v) is 9.29. The molecule has 1 heterocycles. The van der Waals surface area contributed by atoms with Crippen LogP contribution in [0.5, 0.6) is 5.75 Å². The van der Waals surface area contributed by atoms with Crippen LogP contribution in [0.1, 0.15) is 24.2 Å². The first-order chi connectivity index (χ1) is 13.9. The normalized spacial score (nSPS) is 10.8. The average Bonchev–Trinajstić information content (AvgIpc) is 3.17. The van der Waals surface area contributed by atoms with E-state index >= 15 is 0 Å². The lowest BCUT2D eigenvalue weighted by molar-refractivity contribution is -0.119. The number of aromatic nitrogens is 2. The van der Waals surface area contributed by atoms with Gasteiger partial charge in [-0.2, -0.15) is 5.10 Å². The summed E-state index contributed by atoms with van der Waals surface area (Å²) in [5, 5.41) is 4.67. The first-order valence-electron chi connectivity index (χ1n) is 9.29. The molecule has 29 heavy (non-hydrogen) atoms. The van der Waals surface area contributed by atoms with Gasteiger partial charge in [-0.3, -0.25) is 9.59 Å². The zero-order chi connectivity index (χ0) is 21.0. The van der Waals surface area contributed by atoms with Gasteiger partial charge in [0.15, 0.2) is 0 Å². The summed E-state index contributed by atoms with van der Waals surface area (Å²) in [5.74, 6) is -0.211. The second-order valence-electron chi connectivity index (χ2n) is 6.90. The van der Waals surface area contributed by atoms with E-state index in [1.807, 2.05) is 68.4 Å². The van der Waals surface area contributed by atoms with E-state index in [9.17, 15) is 9.59 Å². The number of carbonyl (C=O) groups excluding carboxylic acids is 2. The van der Waals surface area contributed by atoms with Crippen LogP contribution in [-0.2, 0) is 4.79 Å². The lowest BCUT2D eigenvalue weighted by Gasteiger charge is -2.25. The maximum absolute atomic E-state index is 13.3. The Morgan fingerprint density at radius 2 is 1.86 bits per heavy atom. The van der Waals surface area contributed by atoms with Crippen LogP contribution in [0.3, 0.4) is 0 Å². The minimum absolute atomic E-state index is 0.162. The Bertz CT molecular complexity index is 1010. The molecule has 0 radical (unpaired) electrons. The number of amides is 2. The predicted octanol–water partition coefficient (Wildman–Crippen LogP) is 2.88. The van der Waals surface area contributed by atoms with E-state index in [-0.39, 0.29) is 18.5 Å². The third-order valence-corrected chi connectivity index (χ3v) is 4.52. The van der Waals surface area contributed by atoms with Crippen LogP contribution in [0.4, 0.5) is 0 Å². The lowest BCUT2D eigenvalue weighted by Crippen LogP contribution is -2.42. The Kier molecular flexibility index (Phi) is 5.97.